The van der Waals surface area contributed by atoms with Crippen LogP contribution in [-0.2, 0) is 11.3 Å². The molecule has 26 heavy (non-hydrogen) atoms. The summed E-state index contributed by atoms with van der Waals surface area (Å²) in [6.07, 6.45) is 1.80. The van der Waals surface area contributed by atoms with Crippen LogP contribution in [0.5, 0.6) is 5.75 Å². The molecule has 0 spiro atoms. The lowest BCUT2D eigenvalue weighted by Gasteiger charge is -2.39. The molecule has 6 nitrogen and oxygen atoms in total. The Morgan fingerprint density at radius 2 is 1.96 bits per heavy atom. The molecule has 1 saturated heterocycles. The fraction of sp³-hybridized carbons (Fsp3) is 0.400. The number of methoxy groups -OCH3 is 1. The second-order valence-corrected chi connectivity index (χ2v) is 6.69. The number of carbonyl (C=O) groups excluding carboxylic acids is 1. The quantitative estimate of drug-likeness (QED) is 0.825. The van der Waals surface area contributed by atoms with Gasteiger partial charge in [-0.25, -0.2) is 4.98 Å². The van der Waals surface area contributed by atoms with Gasteiger partial charge in [0.05, 0.1) is 18.8 Å². The molecular formula is C20H26N4O2. The highest BCUT2D eigenvalue weighted by molar-refractivity contribution is 5.99. The largest absolute Gasteiger partial charge is 0.495 e. The van der Waals surface area contributed by atoms with Crippen molar-refractivity contribution in [2.75, 3.05) is 44.1 Å². The molecule has 6 heteroatoms. The molecule has 1 unspecified atom stereocenters. The van der Waals surface area contributed by atoms with E-state index in [9.17, 15) is 4.79 Å². The predicted octanol–water partition coefficient (Wildman–Crippen LogP) is 2.39. The summed E-state index contributed by atoms with van der Waals surface area (Å²) in [6.45, 7) is 4.11. The summed E-state index contributed by atoms with van der Waals surface area (Å²) < 4.78 is 5.43. The third-order valence-electron chi connectivity index (χ3n) is 4.82. The molecule has 1 atom stereocenters. The first kappa shape index (κ1) is 18.2. The third-order valence-corrected chi connectivity index (χ3v) is 4.82. The minimum atomic E-state index is -0.205. The van der Waals surface area contributed by atoms with Crippen molar-refractivity contribution in [1.82, 2.24) is 9.88 Å². The van der Waals surface area contributed by atoms with Crippen molar-refractivity contribution in [2.45, 2.75) is 19.5 Å². The predicted molar refractivity (Wildman–Crippen MR) is 104 cm³/mol. The summed E-state index contributed by atoms with van der Waals surface area (Å²) in [4.78, 5) is 23.5. The average molecular weight is 354 g/mol. The number of amides is 1. The van der Waals surface area contributed by atoms with Gasteiger partial charge in [0.2, 0.25) is 5.91 Å². The molecular weight excluding hydrogens is 328 g/mol. The molecule has 0 radical (unpaired) electrons. The molecule has 1 aliphatic rings. The number of nitrogens with zero attached hydrogens (tertiary/aromatic N) is 4. The van der Waals surface area contributed by atoms with Gasteiger partial charge in [0.25, 0.3) is 0 Å². The van der Waals surface area contributed by atoms with E-state index in [0.717, 1.165) is 29.4 Å². The fourth-order valence-corrected chi connectivity index (χ4v) is 3.40. The first-order chi connectivity index (χ1) is 12.5. The smallest absolute Gasteiger partial charge is 0.244 e. The Kier molecular flexibility index (Phi) is 5.42. The van der Waals surface area contributed by atoms with E-state index in [0.29, 0.717) is 13.1 Å². The minimum absolute atomic E-state index is 0.0936. The number of hydrogen-bond acceptors (Lipinski definition) is 5. The van der Waals surface area contributed by atoms with Crippen LogP contribution < -0.4 is 14.5 Å². The molecule has 1 fully saturated rings. The van der Waals surface area contributed by atoms with E-state index in [2.05, 4.69) is 16.0 Å². The number of hydrogen-bond donors (Lipinski definition) is 0. The Labute approximate surface area is 155 Å². The number of piperazine rings is 1. The number of ether oxygens (including phenoxy) is 1. The summed E-state index contributed by atoms with van der Waals surface area (Å²) in [6, 6.07) is 11.5. The van der Waals surface area contributed by atoms with Crippen LogP contribution in [0.25, 0.3) is 0 Å². The molecule has 2 aromatic rings. The van der Waals surface area contributed by atoms with Crippen molar-refractivity contribution in [1.29, 1.82) is 0 Å². The fourth-order valence-electron chi connectivity index (χ4n) is 3.40. The number of pyridine rings is 1. The highest BCUT2D eigenvalue weighted by Gasteiger charge is 2.33. The van der Waals surface area contributed by atoms with Gasteiger partial charge in [0.15, 0.2) is 0 Å². The molecule has 1 aliphatic heterocycles. The maximum absolute atomic E-state index is 13.0. The lowest BCUT2D eigenvalue weighted by molar-refractivity contribution is -0.125. The number of para-hydroxylation sites is 2. The Morgan fingerprint density at radius 1 is 1.19 bits per heavy atom. The number of carbonyl (C=O) groups is 1. The molecule has 3 rings (SSSR count). The maximum atomic E-state index is 13.0. The van der Waals surface area contributed by atoms with E-state index < -0.39 is 0 Å². The molecule has 1 aromatic heterocycles. The second-order valence-electron chi connectivity index (χ2n) is 6.69. The molecule has 1 amide bonds. The van der Waals surface area contributed by atoms with E-state index in [-0.39, 0.29) is 11.9 Å². The zero-order chi connectivity index (χ0) is 18.7. The summed E-state index contributed by atoms with van der Waals surface area (Å²) in [5.41, 5.74) is 1.96. The second kappa shape index (κ2) is 7.74. The van der Waals surface area contributed by atoms with Crippen molar-refractivity contribution in [3.8, 4) is 5.75 Å². The standard InChI is InChI=1S/C20H26N4O2/c1-15-20(25)24(17-9-5-6-10-18(17)26-4)13-12-23(15)14-16-8-7-11-21-19(16)22(2)3/h5-11,15H,12-14H2,1-4H3. The maximum Gasteiger partial charge on any atom is 0.244 e. The minimum Gasteiger partial charge on any atom is -0.495 e. The van der Waals surface area contributed by atoms with Crippen LogP contribution in [0.1, 0.15) is 12.5 Å². The summed E-state index contributed by atoms with van der Waals surface area (Å²) in [7, 11) is 5.61. The molecule has 138 valence electrons. The van der Waals surface area contributed by atoms with Crippen molar-refractivity contribution < 1.29 is 9.53 Å². The van der Waals surface area contributed by atoms with E-state index in [1.807, 2.05) is 61.2 Å². The van der Waals surface area contributed by atoms with Crippen LogP contribution in [0.3, 0.4) is 0 Å². The average Bonchev–Trinajstić information content (AvgIpc) is 2.66. The summed E-state index contributed by atoms with van der Waals surface area (Å²) in [5.74, 6) is 1.76. The number of anilines is 2. The van der Waals surface area contributed by atoms with E-state index in [4.69, 9.17) is 4.74 Å². The van der Waals surface area contributed by atoms with Gasteiger partial charge in [-0.3, -0.25) is 9.69 Å². The van der Waals surface area contributed by atoms with Gasteiger partial charge >= 0.3 is 0 Å². The van der Waals surface area contributed by atoms with Crippen molar-refractivity contribution in [3.63, 3.8) is 0 Å². The zero-order valence-corrected chi connectivity index (χ0v) is 15.8. The molecule has 0 aliphatic carbocycles. The Hall–Kier alpha value is -2.60. The molecule has 0 saturated carbocycles. The molecule has 0 N–H and O–H groups in total. The number of aromatic nitrogens is 1. The van der Waals surface area contributed by atoms with Crippen LogP contribution in [0.4, 0.5) is 11.5 Å². The lowest BCUT2D eigenvalue weighted by Crippen LogP contribution is -2.55. The first-order valence-electron chi connectivity index (χ1n) is 8.82. The molecule has 2 heterocycles. The zero-order valence-electron chi connectivity index (χ0n) is 15.8. The van der Waals surface area contributed by atoms with Gasteiger partial charge in [-0.2, -0.15) is 0 Å². The van der Waals surface area contributed by atoms with Gasteiger partial charge in [-0.05, 0) is 25.1 Å². The van der Waals surface area contributed by atoms with Gasteiger partial charge in [-0.1, -0.05) is 18.2 Å². The summed E-state index contributed by atoms with van der Waals surface area (Å²) >= 11 is 0. The van der Waals surface area contributed by atoms with E-state index in [1.165, 1.54) is 0 Å². The topological polar surface area (TPSA) is 48.9 Å². The normalized spacial score (nSPS) is 18.1. The SMILES string of the molecule is COc1ccccc1N1CCN(Cc2cccnc2N(C)C)C(C)C1=O. The molecule has 0 bridgehead atoms. The van der Waals surface area contributed by atoms with Crippen LogP contribution >= 0.6 is 0 Å². The Bertz CT molecular complexity index is 778. The number of rotatable bonds is 5. The van der Waals surface area contributed by atoms with Crippen molar-refractivity contribution in [2.24, 2.45) is 0 Å². The highest BCUT2D eigenvalue weighted by Crippen LogP contribution is 2.30. The Morgan fingerprint density at radius 3 is 2.69 bits per heavy atom. The lowest BCUT2D eigenvalue weighted by atomic mass is 10.1. The monoisotopic (exact) mass is 354 g/mol. The van der Waals surface area contributed by atoms with Crippen LogP contribution in [-0.4, -0.2) is 56.1 Å². The van der Waals surface area contributed by atoms with Crippen LogP contribution in [0, 0.1) is 0 Å². The van der Waals surface area contributed by atoms with Crippen molar-refractivity contribution >= 4 is 17.4 Å². The van der Waals surface area contributed by atoms with Crippen molar-refractivity contribution in [3.05, 3.63) is 48.2 Å². The summed E-state index contributed by atoms with van der Waals surface area (Å²) in [5, 5.41) is 0. The van der Waals surface area contributed by atoms with Gasteiger partial charge in [-0.15, -0.1) is 0 Å². The molecule has 1 aromatic carbocycles. The van der Waals surface area contributed by atoms with Crippen LogP contribution in [0.15, 0.2) is 42.6 Å². The Balaban J connectivity index is 1.78. The van der Waals surface area contributed by atoms with Crippen LogP contribution in [0.2, 0.25) is 0 Å². The van der Waals surface area contributed by atoms with E-state index >= 15 is 0 Å². The highest BCUT2D eigenvalue weighted by atomic mass is 16.5. The van der Waals surface area contributed by atoms with E-state index in [1.54, 1.807) is 13.3 Å². The van der Waals surface area contributed by atoms with Gasteiger partial charge in [0, 0.05) is 45.5 Å². The van der Waals surface area contributed by atoms with Gasteiger partial charge in [0.1, 0.15) is 11.6 Å². The van der Waals surface area contributed by atoms with Gasteiger partial charge < -0.3 is 14.5 Å². The number of benzene rings is 1. The first-order valence-corrected chi connectivity index (χ1v) is 8.82. The third kappa shape index (κ3) is 3.51.